The van der Waals surface area contributed by atoms with Gasteiger partial charge in [-0.1, -0.05) is 18.2 Å². The summed E-state index contributed by atoms with van der Waals surface area (Å²) in [6.07, 6.45) is 2.97. The van der Waals surface area contributed by atoms with E-state index in [0.717, 1.165) is 5.01 Å². The molecule has 2 aromatic rings. The first-order valence-electron chi connectivity index (χ1n) is 5.90. The average Bonchev–Trinajstić information content (AvgIpc) is 2.82. The van der Waals surface area contributed by atoms with Crippen LogP contribution >= 0.6 is 0 Å². The van der Waals surface area contributed by atoms with Gasteiger partial charge in [-0.05, 0) is 18.2 Å². The van der Waals surface area contributed by atoms with Crippen molar-refractivity contribution >= 4 is 17.5 Å². The molecule has 98 valence electrons. The molecule has 0 fully saturated rings. The van der Waals surface area contributed by atoms with Crippen LogP contribution in [0.2, 0.25) is 0 Å². The predicted octanol–water partition coefficient (Wildman–Crippen LogP) is -0.634. The SMILES string of the molecule is NN(C(=O)c1ccncc1)C1=c2ccccc2=NC1=O. The van der Waals surface area contributed by atoms with Crippen LogP contribution in [0.3, 0.4) is 0 Å². The number of para-hydroxylation sites is 1. The number of nitrogens with zero attached hydrogens (tertiary/aromatic N) is 3. The number of fused-ring (bicyclic) bond motifs is 1. The molecule has 0 bridgehead atoms. The Kier molecular flexibility index (Phi) is 2.85. The second kappa shape index (κ2) is 4.67. The van der Waals surface area contributed by atoms with Gasteiger partial charge < -0.3 is 0 Å². The molecule has 0 aliphatic carbocycles. The third-order valence-corrected chi connectivity index (χ3v) is 2.97. The first kappa shape index (κ1) is 12.2. The van der Waals surface area contributed by atoms with Crippen LogP contribution in [0.5, 0.6) is 0 Å². The Balaban J connectivity index is 2.09. The van der Waals surface area contributed by atoms with Crippen molar-refractivity contribution in [2.24, 2.45) is 10.8 Å². The van der Waals surface area contributed by atoms with Gasteiger partial charge in [-0.25, -0.2) is 15.8 Å². The number of pyridine rings is 1. The number of hydrogen-bond donors (Lipinski definition) is 1. The second-order valence-corrected chi connectivity index (χ2v) is 4.19. The van der Waals surface area contributed by atoms with Gasteiger partial charge in [-0.3, -0.25) is 14.6 Å². The van der Waals surface area contributed by atoms with Gasteiger partial charge >= 0.3 is 0 Å². The van der Waals surface area contributed by atoms with Gasteiger partial charge in [0.05, 0.1) is 5.36 Å². The molecule has 0 spiro atoms. The van der Waals surface area contributed by atoms with Gasteiger partial charge in [0, 0.05) is 23.2 Å². The third kappa shape index (κ3) is 1.88. The number of carbonyl (C=O) groups is 2. The lowest BCUT2D eigenvalue weighted by Gasteiger charge is -2.16. The summed E-state index contributed by atoms with van der Waals surface area (Å²) >= 11 is 0. The molecule has 1 aliphatic heterocycles. The van der Waals surface area contributed by atoms with E-state index in [9.17, 15) is 9.59 Å². The quantitative estimate of drug-likeness (QED) is 0.445. The molecular formula is C14H10N4O2. The van der Waals surface area contributed by atoms with E-state index in [1.165, 1.54) is 24.5 Å². The zero-order valence-electron chi connectivity index (χ0n) is 10.4. The first-order valence-corrected chi connectivity index (χ1v) is 5.90. The van der Waals surface area contributed by atoms with Crippen molar-refractivity contribution in [1.29, 1.82) is 0 Å². The van der Waals surface area contributed by atoms with Crippen LogP contribution in [-0.4, -0.2) is 21.8 Å². The Labute approximate surface area is 113 Å². The Morgan fingerprint density at radius 3 is 2.55 bits per heavy atom. The molecule has 2 N–H and O–H groups in total. The maximum atomic E-state index is 12.2. The minimum absolute atomic E-state index is 0.0856. The van der Waals surface area contributed by atoms with Gasteiger partial charge in [0.2, 0.25) is 0 Å². The number of hydrazine groups is 1. The first-order chi connectivity index (χ1) is 9.68. The number of aromatic nitrogens is 1. The summed E-state index contributed by atoms with van der Waals surface area (Å²) in [6.45, 7) is 0. The van der Waals surface area contributed by atoms with Crippen molar-refractivity contribution in [3.63, 3.8) is 0 Å². The number of benzene rings is 1. The highest BCUT2D eigenvalue weighted by Crippen LogP contribution is 2.09. The van der Waals surface area contributed by atoms with Crippen molar-refractivity contribution in [3.8, 4) is 0 Å². The molecule has 0 saturated carbocycles. The van der Waals surface area contributed by atoms with Crippen LogP contribution in [0.4, 0.5) is 0 Å². The average molecular weight is 266 g/mol. The molecule has 6 heteroatoms. The minimum atomic E-state index is -0.517. The molecule has 0 unspecified atom stereocenters. The smallest absolute Gasteiger partial charge is 0.267 e. The molecule has 2 amide bonds. The molecule has 1 aliphatic rings. The van der Waals surface area contributed by atoms with Gasteiger partial charge in [0.15, 0.2) is 0 Å². The fourth-order valence-corrected chi connectivity index (χ4v) is 2.02. The van der Waals surface area contributed by atoms with E-state index in [-0.39, 0.29) is 5.70 Å². The highest BCUT2D eigenvalue weighted by molar-refractivity contribution is 6.18. The Bertz CT molecular complexity index is 815. The van der Waals surface area contributed by atoms with Crippen LogP contribution < -0.4 is 16.4 Å². The van der Waals surface area contributed by atoms with E-state index < -0.39 is 11.8 Å². The van der Waals surface area contributed by atoms with E-state index in [1.807, 2.05) is 0 Å². The fourth-order valence-electron chi connectivity index (χ4n) is 2.02. The summed E-state index contributed by atoms with van der Waals surface area (Å²) < 4.78 is 0. The number of rotatable bonds is 2. The minimum Gasteiger partial charge on any atom is -0.267 e. The van der Waals surface area contributed by atoms with E-state index in [2.05, 4.69) is 9.98 Å². The summed E-state index contributed by atoms with van der Waals surface area (Å²) in [5.74, 6) is 4.80. The van der Waals surface area contributed by atoms with Crippen LogP contribution in [0.25, 0.3) is 5.70 Å². The fraction of sp³-hybridized carbons (Fsp3) is 0. The number of amides is 2. The molecule has 0 saturated heterocycles. The lowest BCUT2D eigenvalue weighted by Crippen LogP contribution is -2.41. The molecule has 0 radical (unpaired) electrons. The largest absolute Gasteiger partial charge is 0.296 e. The second-order valence-electron chi connectivity index (χ2n) is 4.19. The highest BCUT2D eigenvalue weighted by atomic mass is 16.2. The third-order valence-electron chi connectivity index (χ3n) is 2.97. The van der Waals surface area contributed by atoms with Crippen molar-refractivity contribution in [2.45, 2.75) is 0 Å². The maximum absolute atomic E-state index is 12.2. The van der Waals surface area contributed by atoms with Crippen molar-refractivity contribution in [2.75, 3.05) is 0 Å². The Morgan fingerprint density at radius 1 is 1.10 bits per heavy atom. The molecule has 1 aromatic heterocycles. The van der Waals surface area contributed by atoms with Crippen molar-refractivity contribution in [1.82, 2.24) is 9.99 Å². The standard InChI is InChI=1S/C14H10N4O2/c15-18(14(20)9-5-7-16-8-6-9)12-10-3-1-2-4-11(10)17-13(12)19/h1-8H,15H2. The topological polar surface area (TPSA) is 88.7 Å². The number of carbonyl (C=O) groups excluding carboxylic acids is 2. The molecule has 3 rings (SSSR count). The van der Waals surface area contributed by atoms with Crippen molar-refractivity contribution in [3.05, 3.63) is 64.9 Å². The van der Waals surface area contributed by atoms with Crippen molar-refractivity contribution < 1.29 is 9.59 Å². The van der Waals surface area contributed by atoms with Crippen LogP contribution in [-0.2, 0) is 4.79 Å². The maximum Gasteiger partial charge on any atom is 0.296 e. The van der Waals surface area contributed by atoms with Gasteiger partial charge in [-0.2, -0.15) is 0 Å². The van der Waals surface area contributed by atoms with Crippen LogP contribution in [0.1, 0.15) is 10.4 Å². The molecule has 6 nitrogen and oxygen atoms in total. The molecular weight excluding hydrogens is 256 g/mol. The van der Waals surface area contributed by atoms with E-state index >= 15 is 0 Å². The zero-order valence-corrected chi connectivity index (χ0v) is 10.4. The normalized spacial score (nSPS) is 12.8. The molecule has 20 heavy (non-hydrogen) atoms. The Morgan fingerprint density at radius 2 is 1.80 bits per heavy atom. The summed E-state index contributed by atoms with van der Waals surface area (Å²) in [6, 6.07) is 10.0. The Hall–Kier alpha value is -2.86. The summed E-state index contributed by atoms with van der Waals surface area (Å²) in [7, 11) is 0. The summed E-state index contributed by atoms with van der Waals surface area (Å²) in [5, 5.41) is 1.92. The van der Waals surface area contributed by atoms with Gasteiger partial charge in [0.1, 0.15) is 5.70 Å². The number of hydrogen-bond acceptors (Lipinski definition) is 4. The zero-order chi connectivity index (χ0) is 14.1. The van der Waals surface area contributed by atoms with Gasteiger partial charge in [-0.15, -0.1) is 0 Å². The number of nitrogens with two attached hydrogens (primary N) is 1. The lowest BCUT2D eigenvalue weighted by atomic mass is 10.2. The summed E-state index contributed by atoms with van der Waals surface area (Å²) in [4.78, 5) is 31.9. The molecule has 0 atom stereocenters. The van der Waals surface area contributed by atoms with E-state index in [4.69, 9.17) is 5.84 Å². The van der Waals surface area contributed by atoms with Crippen LogP contribution in [0.15, 0.2) is 53.8 Å². The highest BCUT2D eigenvalue weighted by Gasteiger charge is 2.25. The molecule has 1 aromatic carbocycles. The monoisotopic (exact) mass is 266 g/mol. The van der Waals surface area contributed by atoms with Gasteiger partial charge in [0.25, 0.3) is 11.8 Å². The van der Waals surface area contributed by atoms with E-state index in [1.54, 1.807) is 24.3 Å². The van der Waals surface area contributed by atoms with Crippen LogP contribution in [0, 0.1) is 0 Å². The van der Waals surface area contributed by atoms with E-state index in [0.29, 0.717) is 16.1 Å². The summed E-state index contributed by atoms with van der Waals surface area (Å²) in [5.41, 5.74) is 0.439. The molecule has 2 heterocycles. The predicted molar refractivity (Wildman–Crippen MR) is 70.2 cm³/mol. The lowest BCUT2D eigenvalue weighted by molar-refractivity contribution is -0.113.